The molecule has 0 saturated carbocycles. The molecule has 2 N–H and O–H groups in total. The predicted octanol–water partition coefficient (Wildman–Crippen LogP) is 3.64. The molecule has 0 bridgehead atoms. The van der Waals surface area contributed by atoms with Gasteiger partial charge in [0.1, 0.15) is 0 Å². The molecule has 1 atom stereocenters. The fourth-order valence-electron chi connectivity index (χ4n) is 3.77. The molecule has 0 spiro atoms. The molecule has 5 nitrogen and oxygen atoms in total. The average Bonchev–Trinajstić information content (AvgIpc) is 2.94. The Morgan fingerprint density at radius 2 is 1.75 bits per heavy atom. The number of amides is 1. The number of carbonyl (C=O) groups is 1. The number of nitrogens with two attached hydrogens (primary N) is 1. The van der Waals surface area contributed by atoms with E-state index in [1.807, 2.05) is 6.92 Å². The van der Waals surface area contributed by atoms with E-state index >= 15 is 0 Å². The number of rotatable bonds is 4. The highest BCUT2D eigenvalue weighted by molar-refractivity contribution is 8.00. The zero-order chi connectivity index (χ0) is 20.8. The molecular formula is C21H26N2O3S2. The molecule has 0 aromatic heterocycles. The number of carbonyl (C=O) groups excluding carboxylic acids is 1. The van der Waals surface area contributed by atoms with Crippen LogP contribution in [0.5, 0.6) is 0 Å². The second-order valence-electron chi connectivity index (χ2n) is 7.53. The lowest BCUT2D eigenvalue weighted by Gasteiger charge is -2.23. The topological polar surface area (TPSA) is 80.5 Å². The minimum atomic E-state index is -3.75. The molecule has 0 fully saturated rings. The Labute approximate surface area is 171 Å². The highest BCUT2D eigenvalue weighted by Crippen LogP contribution is 2.36. The smallest absolute Gasteiger partial charge is 0.238 e. The molecule has 1 heterocycles. The lowest BCUT2D eigenvalue weighted by molar-refractivity contribution is -0.116. The quantitative estimate of drug-likeness (QED) is 0.769. The Morgan fingerprint density at radius 3 is 2.32 bits per heavy atom. The number of sulfonamides is 1. The number of thioether (sulfide) groups is 1. The Morgan fingerprint density at radius 1 is 1.14 bits per heavy atom. The third-order valence-corrected chi connectivity index (χ3v) is 7.70. The molecule has 150 valence electrons. The van der Waals surface area contributed by atoms with Gasteiger partial charge in [-0.3, -0.25) is 4.79 Å². The number of aryl methyl sites for hydroxylation is 2. The van der Waals surface area contributed by atoms with Gasteiger partial charge < -0.3 is 4.90 Å². The van der Waals surface area contributed by atoms with Gasteiger partial charge in [0.25, 0.3) is 0 Å². The summed E-state index contributed by atoms with van der Waals surface area (Å²) in [6.45, 7) is 10.4. The van der Waals surface area contributed by atoms with Crippen molar-refractivity contribution in [1.29, 1.82) is 0 Å². The third kappa shape index (κ3) is 3.83. The lowest BCUT2D eigenvalue weighted by atomic mass is 10.0. The molecule has 1 amide bonds. The van der Waals surface area contributed by atoms with Crippen LogP contribution in [0.3, 0.4) is 0 Å². The molecule has 2 aromatic carbocycles. The van der Waals surface area contributed by atoms with Crippen molar-refractivity contribution in [3.8, 4) is 0 Å². The molecule has 1 aliphatic heterocycles. The van der Waals surface area contributed by atoms with Crippen LogP contribution in [-0.2, 0) is 21.2 Å². The van der Waals surface area contributed by atoms with Gasteiger partial charge in [-0.25, -0.2) is 13.6 Å². The molecule has 2 aromatic rings. The van der Waals surface area contributed by atoms with Crippen molar-refractivity contribution in [2.24, 2.45) is 5.14 Å². The summed E-state index contributed by atoms with van der Waals surface area (Å²) in [7, 11) is -3.75. The fourth-order valence-corrected chi connectivity index (χ4v) is 5.49. The van der Waals surface area contributed by atoms with Gasteiger partial charge in [-0.15, -0.1) is 11.8 Å². The van der Waals surface area contributed by atoms with E-state index in [4.69, 9.17) is 5.14 Å². The van der Waals surface area contributed by atoms with Crippen molar-refractivity contribution < 1.29 is 13.2 Å². The minimum absolute atomic E-state index is 0.0136. The van der Waals surface area contributed by atoms with E-state index in [2.05, 4.69) is 33.8 Å². The predicted molar refractivity (Wildman–Crippen MR) is 115 cm³/mol. The highest BCUT2D eigenvalue weighted by atomic mass is 32.2. The van der Waals surface area contributed by atoms with Crippen LogP contribution in [-0.4, -0.2) is 26.1 Å². The van der Waals surface area contributed by atoms with Crippen molar-refractivity contribution in [1.82, 2.24) is 0 Å². The van der Waals surface area contributed by atoms with E-state index in [9.17, 15) is 13.2 Å². The molecule has 28 heavy (non-hydrogen) atoms. The van der Waals surface area contributed by atoms with Gasteiger partial charge in [-0.05, 0) is 87.1 Å². The Balaban J connectivity index is 1.84. The van der Waals surface area contributed by atoms with Gasteiger partial charge >= 0.3 is 0 Å². The molecule has 0 unspecified atom stereocenters. The van der Waals surface area contributed by atoms with Gasteiger partial charge in [-0.1, -0.05) is 6.07 Å². The Kier molecular flexibility index (Phi) is 5.62. The summed E-state index contributed by atoms with van der Waals surface area (Å²) >= 11 is 1.57. The molecule has 7 heteroatoms. The Hall–Kier alpha value is -1.83. The van der Waals surface area contributed by atoms with E-state index in [-0.39, 0.29) is 16.8 Å². The summed E-state index contributed by atoms with van der Waals surface area (Å²) < 4.78 is 23.2. The number of anilines is 1. The second-order valence-corrected chi connectivity index (χ2v) is 10.1. The maximum atomic E-state index is 13.0. The first-order chi connectivity index (χ1) is 13.0. The second kappa shape index (κ2) is 7.54. The molecule has 1 aliphatic rings. The maximum Gasteiger partial charge on any atom is 0.238 e. The van der Waals surface area contributed by atoms with Crippen molar-refractivity contribution in [2.75, 3.05) is 10.7 Å². The molecular weight excluding hydrogens is 392 g/mol. The number of nitrogens with zero attached hydrogens (tertiary/aromatic N) is 1. The summed E-state index contributed by atoms with van der Waals surface area (Å²) in [5.74, 6) is 0.364. The fraction of sp³-hybridized carbons (Fsp3) is 0.381. The first kappa shape index (κ1) is 20.9. The van der Waals surface area contributed by atoms with Crippen molar-refractivity contribution in [3.63, 3.8) is 0 Å². The summed E-state index contributed by atoms with van der Waals surface area (Å²) in [6, 6.07) is 6.91. The average molecular weight is 419 g/mol. The van der Waals surface area contributed by atoms with Crippen LogP contribution in [0.25, 0.3) is 0 Å². The summed E-state index contributed by atoms with van der Waals surface area (Å²) in [4.78, 5) is 16.1. The molecule has 3 rings (SSSR count). The Bertz CT molecular complexity index is 1040. The summed E-state index contributed by atoms with van der Waals surface area (Å²) in [5.41, 5.74) is 6.51. The van der Waals surface area contributed by atoms with E-state index in [1.54, 1.807) is 28.8 Å². The van der Waals surface area contributed by atoms with E-state index in [1.165, 1.54) is 33.2 Å². The first-order valence-corrected chi connectivity index (χ1v) is 11.7. The third-order valence-electron chi connectivity index (χ3n) is 5.50. The minimum Gasteiger partial charge on any atom is -0.308 e. The van der Waals surface area contributed by atoms with Gasteiger partial charge in [0.2, 0.25) is 15.9 Å². The van der Waals surface area contributed by atoms with Crippen molar-refractivity contribution >= 4 is 33.4 Å². The number of hydrogen-bond acceptors (Lipinski definition) is 4. The molecule has 0 saturated heterocycles. The normalized spacial score (nSPS) is 16.4. The van der Waals surface area contributed by atoms with E-state index < -0.39 is 10.0 Å². The van der Waals surface area contributed by atoms with E-state index in [0.717, 1.165) is 11.3 Å². The molecule has 0 aliphatic carbocycles. The van der Waals surface area contributed by atoms with Crippen LogP contribution in [0.1, 0.15) is 34.7 Å². The number of fused-ring (bicyclic) bond motifs is 1. The number of primary sulfonamides is 1. The number of hydrogen-bond donors (Lipinski definition) is 1. The maximum absolute atomic E-state index is 13.0. The first-order valence-electron chi connectivity index (χ1n) is 9.18. The van der Waals surface area contributed by atoms with E-state index in [0.29, 0.717) is 12.2 Å². The monoisotopic (exact) mass is 418 g/mol. The summed E-state index contributed by atoms with van der Waals surface area (Å²) in [5, 5.41) is 5.23. The zero-order valence-electron chi connectivity index (χ0n) is 16.9. The number of benzene rings is 2. The van der Waals surface area contributed by atoms with Crippen LogP contribution >= 0.6 is 11.8 Å². The van der Waals surface area contributed by atoms with Crippen LogP contribution in [0, 0.1) is 27.7 Å². The van der Waals surface area contributed by atoms with Crippen LogP contribution in [0.15, 0.2) is 34.1 Å². The van der Waals surface area contributed by atoms with Crippen LogP contribution in [0.4, 0.5) is 5.69 Å². The van der Waals surface area contributed by atoms with Crippen molar-refractivity contribution in [3.05, 3.63) is 52.1 Å². The van der Waals surface area contributed by atoms with Crippen LogP contribution in [0.2, 0.25) is 0 Å². The SMILES string of the molecule is Cc1cc(C)c(C)c(SCC(=O)N2c3ccc(S(N)(=O)=O)cc3C[C@@H]2C)c1C. The largest absolute Gasteiger partial charge is 0.308 e. The van der Waals surface area contributed by atoms with Gasteiger partial charge in [0, 0.05) is 16.6 Å². The van der Waals surface area contributed by atoms with Gasteiger partial charge in [-0.2, -0.15) is 0 Å². The highest BCUT2D eigenvalue weighted by Gasteiger charge is 2.31. The summed E-state index contributed by atoms with van der Waals surface area (Å²) in [6.07, 6.45) is 0.622. The van der Waals surface area contributed by atoms with Gasteiger partial charge in [0.15, 0.2) is 0 Å². The zero-order valence-corrected chi connectivity index (χ0v) is 18.5. The van der Waals surface area contributed by atoms with Crippen molar-refractivity contribution in [2.45, 2.75) is 56.9 Å². The standard InChI is InChI=1S/C21H26N2O3S2/c1-12-8-13(2)16(5)21(15(12)4)27-11-20(24)23-14(3)9-17-10-18(28(22,25)26)6-7-19(17)23/h6-8,10,14H,9,11H2,1-5H3,(H2,22,25,26)/t14-/m0/s1. The lowest BCUT2D eigenvalue weighted by Crippen LogP contribution is -2.37. The van der Waals surface area contributed by atoms with Gasteiger partial charge in [0.05, 0.1) is 10.6 Å². The molecule has 0 radical (unpaired) electrons. The van der Waals surface area contributed by atoms with Crippen LogP contribution < -0.4 is 10.0 Å².